The molecule has 7 heteroatoms. The van der Waals surface area contributed by atoms with Crippen molar-refractivity contribution in [3.8, 4) is 0 Å². The van der Waals surface area contributed by atoms with Gasteiger partial charge in [0.25, 0.3) is 5.91 Å². The minimum Gasteiger partial charge on any atom is -0.350 e. The number of nitrogens with one attached hydrogen (secondary N) is 1. The first kappa shape index (κ1) is 15.9. The van der Waals surface area contributed by atoms with Gasteiger partial charge in [0.15, 0.2) is 5.69 Å². The second kappa shape index (κ2) is 7.08. The molecule has 0 fully saturated rings. The van der Waals surface area contributed by atoms with Gasteiger partial charge in [0, 0.05) is 37.4 Å². The molecule has 24 heavy (non-hydrogen) atoms. The number of carbonyl (C=O) groups is 1. The van der Waals surface area contributed by atoms with Crippen LogP contribution in [0.4, 0.5) is 0 Å². The minimum atomic E-state index is -0.437. The number of amides is 1. The van der Waals surface area contributed by atoms with Gasteiger partial charge in [-0.3, -0.25) is 19.0 Å². The zero-order valence-corrected chi connectivity index (χ0v) is 13.5. The summed E-state index contributed by atoms with van der Waals surface area (Å²) in [6, 6.07) is 9.05. The second-order valence-electron chi connectivity index (χ2n) is 5.39. The highest BCUT2D eigenvalue weighted by molar-refractivity contribution is 5.95. The van der Waals surface area contributed by atoms with Crippen LogP contribution in [0.15, 0.2) is 47.5 Å². The van der Waals surface area contributed by atoms with Crippen LogP contribution in [0, 0.1) is 0 Å². The molecular formula is C17H19N5O2. The Kier molecular flexibility index (Phi) is 4.69. The number of rotatable bonds is 6. The van der Waals surface area contributed by atoms with E-state index in [0.29, 0.717) is 25.0 Å². The van der Waals surface area contributed by atoms with E-state index in [9.17, 15) is 9.59 Å². The second-order valence-corrected chi connectivity index (χ2v) is 5.39. The smallest absolute Gasteiger partial charge is 0.275 e. The van der Waals surface area contributed by atoms with Crippen molar-refractivity contribution in [1.29, 1.82) is 0 Å². The molecule has 1 N–H and O–H groups in total. The molecule has 124 valence electrons. The maximum absolute atomic E-state index is 12.5. The van der Waals surface area contributed by atoms with Crippen molar-refractivity contribution in [2.24, 2.45) is 0 Å². The van der Waals surface area contributed by atoms with Gasteiger partial charge in [-0.1, -0.05) is 12.1 Å². The zero-order chi connectivity index (χ0) is 16.9. The summed E-state index contributed by atoms with van der Waals surface area (Å²) >= 11 is 0. The van der Waals surface area contributed by atoms with E-state index < -0.39 is 5.91 Å². The van der Waals surface area contributed by atoms with Gasteiger partial charge in [-0.2, -0.15) is 10.2 Å². The van der Waals surface area contributed by atoms with Gasteiger partial charge in [-0.15, -0.1) is 0 Å². The van der Waals surface area contributed by atoms with Gasteiger partial charge >= 0.3 is 0 Å². The summed E-state index contributed by atoms with van der Waals surface area (Å²) in [5.74, 6) is -0.437. The van der Waals surface area contributed by atoms with E-state index in [4.69, 9.17) is 0 Å². The summed E-state index contributed by atoms with van der Waals surface area (Å²) in [6.07, 6.45) is 4.31. The topological polar surface area (TPSA) is 81.8 Å². The van der Waals surface area contributed by atoms with E-state index >= 15 is 0 Å². The van der Waals surface area contributed by atoms with E-state index in [1.807, 2.05) is 31.3 Å². The Morgan fingerprint density at radius 1 is 1.25 bits per heavy atom. The predicted octanol–water partition coefficient (Wildman–Crippen LogP) is 1.43. The number of nitrogens with zero attached hydrogens (tertiary/aromatic N) is 4. The lowest BCUT2D eigenvalue weighted by atomic mass is 10.2. The van der Waals surface area contributed by atoms with Crippen LogP contribution in [0.5, 0.6) is 0 Å². The summed E-state index contributed by atoms with van der Waals surface area (Å²) in [5.41, 5.74) is 0.342. The molecule has 1 amide bonds. The third kappa shape index (κ3) is 3.19. The molecule has 7 nitrogen and oxygen atoms in total. The summed E-state index contributed by atoms with van der Waals surface area (Å²) in [6.45, 7) is 3.67. The fourth-order valence-corrected chi connectivity index (χ4v) is 2.59. The van der Waals surface area contributed by atoms with Crippen molar-refractivity contribution < 1.29 is 4.79 Å². The van der Waals surface area contributed by atoms with Crippen molar-refractivity contribution in [2.45, 2.75) is 26.4 Å². The molecule has 0 aliphatic heterocycles. The van der Waals surface area contributed by atoms with Crippen molar-refractivity contribution in [2.75, 3.05) is 6.54 Å². The Balaban J connectivity index is 1.74. The molecule has 0 saturated heterocycles. The number of hydrogen-bond acceptors (Lipinski definition) is 4. The van der Waals surface area contributed by atoms with Gasteiger partial charge < -0.3 is 5.32 Å². The predicted molar refractivity (Wildman–Crippen MR) is 90.9 cm³/mol. The molecule has 0 spiro atoms. The number of benzene rings is 1. The SMILES string of the molecule is CCn1nc(C(=O)NCCCn2cccn2)c(=O)c2ccccc21. The first-order valence-corrected chi connectivity index (χ1v) is 7.96. The Morgan fingerprint density at radius 3 is 2.83 bits per heavy atom. The lowest BCUT2D eigenvalue weighted by molar-refractivity contribution is 0.0944. The zero-order valence-electron chi connectivity index (χ0n) is 13.5. The molecule has 0 unspecified atom stereocenters. The lowest BCUT2D eigenvalue weighted by Crippen LogP contribution is -2.33. The van der Waals surface area contributed by atoms with Crippen molar-refractivity contribution in [3.63, 3.8) is 0 Å². The Bertz CT molecular complexity index is 899. The van der Waals surface area contributed by atoms with Gasteiger partial charge in [0.2, 0.25) is 5.43 Å². The van der Waals surface area contributed by atoms with E-state index in [-0.39, 0.29) is 11.1 Å². The fourth-order valence-electron chi connectivity index (χ4n) is 2.59. The van der Waals surface area contributed by atoms with Gasteiger partial charge in [0.05, 0.1) is 5.52 Å². The number of fused-ring (bicyclic) bond motifs is 1. The van der Waals surface area contributed by atoms with Crippen molar-refractivity contribution in [1.82, 2.24) is 24.9 Å². The lowest BCUT2D eigenvalue weighted by Gasteiger charge is -2.10. The van der Waals surface area contributed by atoms with E-state index in [0.717, 1.165) is 11.9 Å². The first-order chi connectivity index (χ1) is 11.7. The fraction of sp³-hybridized carbons (Fsp3) is 0.294. The van der Waals surface area contributed by atoms with E-state index in [2.05, 4.69) is 15.5 Å². The number of aryl methyl sites for hydroxylation is 2. The number of hydrogen-bond donors (Lipinski definition) is 1. The Hall–Kier alpha value is -2.96. The molecule has 1 aromatic carbocycles. The minimum absolute atomic E-state index is 0.0605. The monoisotopic (exact) mass is 325 g/mol. The standard InChI is InChI=1S/C17H19N5O2/c1-2-22-14-8-4-3-7-13(14)16(23)15(20-22)17(24)18-9-5-11-21-12-6-10-19-21/h3-4,6-8,10,12H,2,5,9,11H2,1H3,(H,18,24). The molecule has 0 aliphatic carbocycles. The number of aromatic nitrogens is 4. The van der Waals surface area contributed by atoms with Crippen LogP contribution in [-0.4, -0.2) is 32.0 Å². The third-order valence-corrected chi connectivity index (χ3v) is 3.79. The normalized spacial score (nSPS) is 10.9. The van der Waals surface area contributed by atoms with Crippen molar-refractivity contribution in [3.05, 3.63) is 58.6 Å². The van der Waals surface area contributed by atoms with Crippen LogP contribution in [0.25, 0.3) is 10.9 Å². The Labute approximate surface area is 138 Å². The summed E-state index contributed by atoms with van der Waals surface area (Å²) < 4.78 is 3.47. The highest BCUT2D eigenvalue weighted by Gasteiger charge is 2.16. The highest BCUT2D eigenvalue weighted by Crippen LogP contribution is 2.09. The quantitative estimate of drug-likeness (QED) is 0.695. The Morgan fingerprint density at radius 2 is 2.08 bits per heavy atom. The number of para-hydroxylation sites is 1. The van der Waals surface area contributed by atoms with Crippen LogP contribution < -0.4 is 10.7 Å². The maximum atomic E-state index is 12.5. The van der Waals surface area contributed by atoms with Crippen LogP contribution in [-0.2, 0) is 13.1 Å². The molecule has 0 atom stereocenters. The third-order valence-electron chi connectivity index (χ3n) is 3.79. The highest BCUT2D eigenvalue weighted by atomic mass is 16.2. The first-order valence-electron chi connectivity index (χ1n) is 7.96. The average molecular weight is 325 g/mol. The maximum Gasteiger partial charge on any atom is 0.275 e. The molecule has 0 bridgehead atoms. The molecular weight excluding hydrogens is 306 g/mol. The summed E-state index contributed by atoms with van der Waals surface area (Å²) in [4.78, 5) is 24.8. The van der Waals surface area contributed by atoms with Crippen LogP contribution >= 0.6 is 0 Å². The molecule has 3 aromatic rings. The van der Waals surface area contributed by atoms with Crippen LogP contribution in [0.1, 0.15) is 23.8 Å². The molecule has 0 saturated carbocycles. The summed E-state index contributed by atoms with van der Waals surface area (Å²) in [7, 11) is 0. The molecule has 0 aliphatic rings. The molecule has 2 aromatic heterocycles. The van der Waals surface area contributed by atoms with E-state index in [1.54, 1.807) is 27.7 Å². The van der Waals surface area contributed by atoms with E-state index in [1.165, 1.54) is 0 Å². The number of carbonyl (C=O) groups excluding carboxylic acids is 1. The largest absolute Gasteiger partial charge is 0.350 e. The van der Waals surface area contributed by atoms with Gasteiger partial charge in [-0.25, -0.2) is 0 Å². The summed E-state index contributed by atoms with van der Waals surface area (Å²) in [5, 5.41) is 11.6. The molecule has 3 rings (SSSR count). The van der Waals surface area contributed by atoms with Gasteiger partial charge in [-0.05, 0) is 31.5 Å². The molecule has 2 heterocycles. The van der Waals surface area contributed by atoms with Crippen molar-refractivity contribution >= 4 is 16.8 Å². The molecule has 0 radical (unpaired) electrons. The van der Waals surface area contributed by atoms with Crippen LogP contribution in [0.2, 0.25) is 0 Å². The average Bonchev–Trinajstić information content (AvgIpc) is 3.12. The van der Waals surface area contributed by atoms with Crippen LogP contribution in [0.3, 0.4) is 0 Å². The van der Waals surface area contributed by atoms with Gasteiger partial charge in [0.1, 0.15) is 0 Å².